The largest absolute Gasteiger partial charge is 0.399 e. The summed E-state index contributed by atoms with van der Waals surface area (Å²) in [6, 6.07) is 7.76. The first-order valence-electron chi connectivity index (χ1n) is 4.78. The first kappa shape index (κ1) is 9.58. The molecule has 0 aliphatic rings. The number of nitrogens with two attached hydrogens (primary N) is 1. The van der Waals surface area contributed by atoms with Crippen LogP contribution in [0, 0.1) is 6.92 Å². The number of nitrogens with one attached hydrogen (secondary N) is 1. The van der Waals surface area contributed by atoms with Crippen LogP contribution in [0.15, 0.2) is 30.5 Å². The molecule has 15 heavy (non-hydrogen) atoms. The van der Waals surface area contributed by atoms with E-state index in [1.165, 1.54) is 0 Å². The summed E-state index contributed by atoms with van der Waals surface area (Å²) in [5, 5.41) is 7.44. The maximum absolute atomic E-state index is 5.74. The number of hydrogen-bond acceptors (Lipinski definition) is 3. The maximum Gasteiger partial charge on any atom is 0.152 e. The van der Waals surface area contributed by atoms with Gasteiger partial charge in [0.25, 0.3) is 0 Å². The van der Waals surface area contributed by atoms with Crippen LogP contribution < -0.4 is 11.1 Å². The molecule has 0 atom stereocenters. The Kier molecular flexibility index (Phi) is 2.33. The van der Waals surface area contributed by atoms with E-state index in [1.54, 1.807) is 4.68 Å². The highest BCUT2D eigenvalue weighted by Gasteiger charge is 1.99. The Morgan fingerprint density at radius 3 is 2.73 bits per heavy atom. The Labute approximate surface area is 88.7 Å². The molecule has 0 spiro atoms. The highest BCUT2D eigenvalue weighted by Crippen LogP contribution is 2.19. The molecule has 0 unspecified atom stereocenters. The molecule has 0 saturated carbocycles. The van der Waals surface area contributed by atoms with Crippen molar-refractivity contribution in [2.24, 2.45) is 7.05 Å². The van der Waals surface area contributed by atoms with Gasteiger partial charge in [-0.25, -0.2) is 0 Å². The van der Waals surface area contributed by atoms with Crippen LogP contribution in [0.4, 0.5) is 17.2 Å². The summed E-state index contributed by atoms with van der Waals surface area (Å²) in [6.07, 6.45) is 1.90. The van der Waals surface area contributed by atoms with Crippen molar-refractivity contribution in [1.29, 1.82) is 0 Å². The molecule has 0 saturated heterocycles. The summed E-state index contributed by atoms with van der Waals surface area (Å²) in [6.45, 7) is 1.99. The normalized spacial score (nSPS) is 10.3. The SMILES string of the molecule is Cc1cc(Nc2ccn(C)n2)ccc1N. The number of rotatable bonds is 2. The van der Waals surface area contributed by atoms with Crippen LogP contribution in [0.5, 0.6) is 0 Å². The molecule has 2 aromatic rings. The van der Waals surface area contributed by atoms with Gasteiger partial charge in [0.1, 0.15) is 0 Å². The van der Waals surface area contributed by atoms with E-state index in [4.69, 9.17) is 5.73 Å². The van der Waals surface area contributed by atoms with Gasteiger partial charge >= 0.3 is 0 Å². The molecule has 2 rings (SSSR count). The molecule has 4 heteroatoms. The Balaban J connectivity index is 2.21. The fraction of sp³-hybridized carbons (Fsp3) is 0.182. The molecule has 1 aromatic heterocycles. The number of anilines is 3. The molecule has 0 bridgehead atoms. The molecule has 0 fully saturated rings. The van der Waals surface area contributed by atoms with Crippen LogP contribution >= 0.6 is 0 Å². The highest BCUT2D eigenvalue weighted by molar-refractivity contribution is 5.61. The maximum atomic E-state index is 5.74. The lowest BCUT2D eigenvalue weighted by Gasteiger charge is -2.05. The van der Waals surface area contributed by atoms with E-state index in [-0.39, 0.29) is 0 Å². The van der Waals surface area contributed by atoms with Crippen molar-refractivity contribution in [3.05, 3.63) is 36.0 Å². The fourth-order valence-electron chi connectivity index (χ4n) is 1.38. The third-order valence-electron chi connectivity index (χ3n) is 2.26. The summed E-state index contributed by atoms with van der Waals surface area (Å²) in [5.74, 6) is 0.835. The van der Waals surface area contributed by atoms with E-state index in [0.29, 0.717) is 0 Å². The van der Waals surface area contributed by atoms with Crippen molar-refractivity contribution in [1.82, 2.24) is 9.78 Å². The molecular weight excluding hydrogens is 188 g/mol. The third-order valence-corrected chi connectivity index (χ3v) is 2.26. The number of nitrogen functional groups attached to an aromatic ring is 1. The van der Waals surface area contributed by atoms with Crippen LogP contribution in [0.1, 0.15) is 5.56 Å². The molecule has 4 nitrogen and oxygen atoms in total. The summed E-state index contributed by atoms with van der Waals surface area (Å²) >= 11 is 0. The average molecular weight is 202 g/mol. The van der Waals surface area contributed by atoms with Crippen molar-refractivity contribution < 1.29 is 0 Å². The van der Waals surface area contributed by atoms with Gasteiger partial charge < -0.3 is 11.1 Å². The average Bonchev–Trinajstić information content (AvgIpc) is 2.58. The number of aromatic nitrogens is 2. The predicted octanol–water partition coefficient (Wildman–Crippen LogP) is 2.05. The zero-order chi connectivity index (χ0) is 10.8. The lowest BCUT2D eigenvalue weighted by atomic mass is 10.2. The smallest absolute Gasteiger partial charge is 0.152 e. The highest BCUT2D eigenvalue weighted by atomic mass is 15.3. The number of hydrogen-bond donors (Lipinski definition) is 2. The lowest BCUT2D eigenvalue weighted by Crippen LogP contribution is -1.95. The molecule has 0 radical (unpaired) electrons. The van der Waals surface area contributed by atoms with E-state index in [2.05, 4.69) is 10.4 Å². The third kappa shape index (κ3) is 2.10. The van der Waals surface area contributed by atoms with Gasteiger partial charge in [-0.15, -0.1) is 0 Å². The number of nitrogens with zero attached hydrogens (tertiary/aromatic N) is 2. The Morgan fingerprint density at radius 1 is 1.33 bits per heavy atom. The molecule has 3 N–H and O–H groups in total. The van der Waals surface area contributed by atoms with Crippen LogP contribution in [0.2, 0.25) is 0 Å². The van der Waals surface area contributed by atoms with Gasteiger partial charge in [-0.3, -0.25) is 4.68 Å². The molecule has 78 valence electrons. The van der Waals surface area contributed by atoms with Gasteiger partial charge in [0, 0.05) is 30.7 Å². The monoisotopic (exact) mass is 202 g/mol. The second kappa shape index (κ2) is 3.65. The van der Waals surface area contributed by atoms with Gasteiger partial charge in [-0.2, -0.15) is 5.10 Å². The first-order chi connectivity index (χ1) is 7.15. The first-order valence-corrected chi connectivity index (χ1v) is 4.78. The molecule has 0 amide bonds. The van der Waals surface area contributed by atoms with Crippen LogP contribution in [0.25, 0.3) is 0 Å². The Bertz CT molecular complexity index is 473. The van der Waals surface area contributed by atoms with Crippen molar-refractivity contribution in [2.45, 2.75) is 6.92 Å². The van der Waals surface area contributed by atoms with Crippen LogP contribution in [-0.4, -0.2) is 9.78 Å². The quantitative estimate of drug-likeness (QED) is 0.733. The van der Waals surface area contributed by atoms with Gasteiger partial charge in [-0.1, -0.05) is 0 Å². The van der Waals surface area contributed by atoms with E-state index >= 15 is 0 Å². The molecular formula is C11H14N4. The van der Waals surface area contributed by atoms with E-state index < -0.39 is 0 Å². The number of aryl methyl sites for hydroxylation is 2. The van der Waals surface area contributed by atoms with Gasteiger partial charge in [0.2, 0.25) is 0 Å². The standard InChI is InChI=1S/C11H14N4/c1-8-7-9(3-4-10(8)12)13-11-5-6-15(2)14-11/h3-7H,12H2,1-2H3,(H,13,14). The van der Waals surface area contributed by atoms with Crippen LogP contribution in [-0.2, 0) is 7.05 Å². The minimum absolute atomic E-state index is 0.807. The zero-order valence-corrected chi connectivity index (χ0v) is 8.86. The van der Waals surface area contributed by atoms with E-state index in [9.17, 15) is 0 Å². The summed E-state index contributed by atoms with van der Waals surface area (Å²) in [4.78, 5) is 0. The second-order valence-corrected chi connectivity index (χ2v) is 3.57. The van der Waals surface area contributed by atoms with Crippen molar-refractivity contribution in [3.8, 4) is 0 Å². The molecule has 0 aliphatic carbocycles. The lowest BCUT2D eigenvalue weighted by molar-refractivity contribution is 0.771. The summed E-state index contributed by atoms with van der Waals surface area (Å²) in [7, 11) is 1.89. The topological polar surface area (TPSA) is 55.9 Å². The van der Waals surface area contributed by atoms with E-state index in [1.807, 2.05) is 44.4 Å². The van der Waals surface area contributed by atoms with Crippen LogP contribution in [0.3, 0.4) is 0 Å². The van der Waals surface area contributed by atoms with Crippen molar-refractivity contribution >= 4 is 17.2 Å². The van der Waals surface area contributed by atoms with Gasteiger partial charge in [0.05, 0.1) is 0 Å². The van der Waals surface area contributed by atoms with Crippen molar-refractivity contribution in [3.63, 3.8) is 0 Å². The molecule has 1 aromatic carbocycles. The molecule has 0 aliphatic heterocycles. The summed E-state index contributed by atoms with van der Waals surface area (Å²) in [5.41, 5.74) is 8.61. The fourth-order valence-corrected chi connectivity index (χ4v) is 1.38. The Morgan fingerprint density at radius 2 is 2.13 bits per heavy atom. The predicted molar refractivity (Wildman–Crippen MR) is 62.1 cm³/mol. The Hall–Kier alpha value is -1.97. The number of benzene rings is 1. The summed E-state index contributed by atoms with van der Waals surface area (Å²) < 4.78 is 1.76. The second-order valence-electron chi connectivity index (χ2n) is 3.57. The van der Waals surface area contributed by atoms with Crippen molar-refractivity contribution in [2.75, 3.05) is 11.1 Å². The van der Waals surface area contributed by atoms with Gasteiger partial charge in [0.15, 0.2) is 5.82 Å². The molecule has 1 heterocycles. The minimum Gasteiger partial charge on any atom is -0.399 e. The van der Waals surface area contributed by atoms with Gasteiger partial charge in [-0.05, 0) is 30.7 Å². The minimum atomic E-state index is 0.807. The van der Waals surface area contributed by atoms with E-state index in [0.717, 1.165) is 22.8 Å². The zero-order valence-electron chi connectivity index (χ0n) is 8.86.